The molecule has 3 rings (SSSR count). The summed E-state index contributed by atoms with van der Waals surface area (Å²) in [6.07, 6.45) is 5.22. The molecule has 166 valence electrons. The molecule has 0 bridgehead atoms. The van der Waals surface area contributed by atoms with Gasteiger partial charge in [-0.2, -0.15) is 0 Å². The monoisotopic (exact) mass is 421 g/mol. The summed E-state index contributed by atoms with van der Waals surface area (Å²) in [5.74, 6) is -0.00453. The number of urea groups is 1. The van der Waals surface area contributed by atoms with Crippen LogP contribution in [0.1, 0.15) is 69.2 Å². The first-order valence-electron chi connectivity index (χ1n) is 11.6. The summed E-state index contributed by atoms with van der Waals surface area (Å²) in [7, 11) is 0. The Labute approximate surface area is 186 Å². The molecule has 5 heteroatoms. The lowest BCUT2D eigenvalue weighted by atomic mass is 9.87. The number of nitrogens with zero attached hydrogens (tertiary/aromatic N) is 1. The normalized spacial score (nSPS) is 16.2. The van der Waals surface area contributed by atoms with E-state index in [1.54, 1.807) is 4.90 Å². The molecular weight excluding hydrogens is 386 g/mol. The topological polar surface area (TPSA) is 61.4 Å². The molecule has 0 aromatic heterocycles. The zero-order valence-corrected chi connectivity index (χ0v) is 19.0. The molecule has 0 radical (unpaired) electrons. The summed E-state index contributed by atoms with van der Waals surface area (Å²) in [5.41, 5.74) is 4.57. The first-order chi connectivity index (χ1) is 15.0. The van der Waals surface area contributed by atoms with Gasteiger partial charge in [-0.05, 0) is 67.9 Å². The first-order valence-corrected chi connectivity index (χ1v) is 11.6. The van der Waals surface area contributed by atoms with Crippen LogP contribution in [-0.4, -0.2) is 29.4 Å². The van der Waals surface area contributed by atoms with E-state index in [1.165, 1.54) is 16.7 Å². The van der Waals surface area contributed by atoms with E-state index in [1.807, 2.05) is 37.3 Å². The highest BCUT2D eigenvalue weighted by atomic mass is 16.2. The van der Waals surface area contributed by atoms with E-state index in [4.69, 9.17) is 0 Å². The van der Waals surface area contributed by atoms with Gasteiger partial charge < -0.3 is 15.5 Å². The van der Waals surface area contributed by atoms with Gasteiger partial charge in [0.25, 0.3) is 0 Å². The summed E-state index contributed by atoms with van der Waals surface area (Å²) < 4.78 is 0. The van der Waals surface area contributed by atoms with Crippen LogP contribution in [0.3, 0.4) is 0 Å². The number of hydrogen-bond donors (Lipinski definition) is 2. The van der Waals surface area contributed by atoms with Crippen molar-refractivity contribution in [3.05, 3.63) is 65.2 Å². The third-order valence-corrected chi connectivity index (χ3v) is 6.28. The predicted molar refractivity (Wildman–Crippen MR) is 126 cm³/mol. The molecule has 2 atom stereocenters. The number of rotatable bonds is 8. The molecule has 0 spiro atoms. The van der Waals surface area contributed by atoms with Gasteiger partial charge in [-0.1, -0.05) is 50.2 Å². The van der Waals surface area contributed by atoms with Gasteiger partial charge >= 0.3 is 6.03 Å². The van der Waals surface area contributed by atoms with E-state index in [-0.39, 0.29) is 24.0 Å². The first kappa shape index (κ1) is 22.9. The highest BCUT2D eigenvalue weighted by Crippen LogP contribution is 2.29. The molecule has 2 N–H and O–H groups in total. The molecule has 31 heavy (non-hydrogen) atoms. The quantitative estimate of drug-likeness (QED) is 0.594. The summed E-state index contributed by atoms with van der Waals surface area (Å²) >= 11 is 0. The van der Waals surface area contributed by atoms with Crippen LogP contribution in [0.5, 0.6) is 0 Å². The molecular formula is C26H35N3O2. The molecule has 0 heterocycles. The van der Waals surface area contributed by atoms with Crippen molar-refractivity contribution in [3.8, 4) is 0 Å². The maximum absolute atomic E-state index is 12.9. The van der Waals surface area contributed by atoms with Gasteiger partial charge in [0.2, 0.25) is 5.91 Å². The van der Waals surface area contributed by atoms with Crippen LogP contribution in [0.25, 0.3) is 0 Å². The Kier molecular flexibility index (Phi) is 8.10. The van der Waals surface area contributed by atoms with Crippen LogP contribution in [0.15, 0.2) is 48.5 Å². The molecule has 2 aromatic rings. The maximum Gasteiger partial charge on any atom is 0.322 e. The second-order valence-corrected chi connectivity index (χ2v) is 8.39. The van der Waals surface area contributed by atoms with Crippen molar-refractivity contribution in [1.29, 1.82) is 0 Å². The van der Waals surface area contributed by atoms with E-state index in [0.29, 0.717) is 13.0 Å². The smallest absolute Gasteiger partial charge is 0.322 e. The van der Waals surface area contributed by atoms with Crippen LogP contribution in [-0.2, 0) is 17.6 Å². The largest absolute Gasteiger partial charge is 0.349 e. The molecule has 2 aromatic carbocycles. The molecule has 1 aliphatic rings. The van der Waals surface area contributed by atoms with Gasteiger partial charge in [0, 0.05) is 24.7 Å². The molecule has 3 amide bonds. The SMILES string of the molecule is CCc1ccc(NC(=O)N(CCC(=O)N[C@@H]2CCCc3ccccc32)[C@H](C)CC)cc1. The van der Waals surface area contributed by atoms with Gasteiger partial charge in [-0.3, -0.25) is 4.79 Å². The van der Waals surface area contributed by atoms with Crippen molar-refractivity contribution in [2.75, 3.05) is 11.9 Å². The number of anilines is 1. The highest BCUT2D eigenvalue weighted by Gasteiger charge is 2.23. The number of hydrogen-bond acceptors (Lipinski definition) is 2. The van der Waals surface area contributed by atoms with E-state index < -0.39 is 0 Å². The average molecular weight is 422 g/mol. The van der Waals surface area contributed by atoms with Gasteiger partial charge in [-0.25, -0.2) is 4.79 Å². The minimum Gasteiger partial charge on any atom is -0.349 e. The van der Waals surface area contributed by atoms with Crippen LogP contribution >= 0.6 is 0 Å². The Morgan fingerprint density at radius 1 is 1.10 bits per heavy atom. The molecule has 0 fully saturated rings. The molecule has 0 saturated carbocycles. The van der Waals surface area contributed by atoms with E-state index >= 15 is 0 Å². The fourth-order valence-corrected chi connectivity index (χ4v) is 4.15. The van der Waals surface area contributed by atoms with E-state index in [2.05, 4.69) is 42.7 Å². The van der Waals surface area contributed by atoms with Crippen molar-refractivity contribution < 1.29 is 9.59 Å². The summed E-state index contributed by atoms with van der Waals surface area (Å²) in [4.78, 5) is 27.4. The van der Waals surface area contributed by atoms with Crippen LogP contribution in [0.4, 0.5) is 10.5 Å². The minimum absolute atomic E-state index is 0.00453. The lowest BCUT2D eigenvalue weighted by Crippen LogP contribution is -2.43. The van der Waals surface area contributed by atoms with Crippen molar-refractivity contribution in [1.82, 2.24) is 10.2 Å². The van der Waals surface area contributed by atoms with Crippen molar-refractivity contribution >= 4 is 17.6 Å². The number of carbonyl (C=O) groups is 2. The molecule has 0 unspecified atom stereocenters. The number of carbonyl (C=O) groups excluding carboxylic acids is 2. The van der Waals surface area contributed by atoms with Gasteiger partial charge in [0.05, 0.1) is 6.04 Å². The summed E-state index contributed by atoms with van der Waals surface area (Å²) in [6.45, 7) is 6.58. The fourth-order valence-electron chi connectivity index (χ4n) is 4.15. The molecule has 5 nitrogen and oxygen atoms in total. The minimum atomic E-state index is -0.158. The highest BCUT2D eigenvalue weighted by molar-refractivity contribution is 5.90. The molecule has 0 aliphatic heterocycles. The number of nitrogens with one attached hydrogen (secondary N) is 2. The molecule has 1 aliphatic carbocycles. The lowest BCUT2D eigenvalue weighted by molar-refractivity contribution is -0.122. The zero-order chi connectivity index (χ0) is 22.2. The summed E-state index contributed by atoms with van der Waals surface area (Å²) in [5, 5.41) is 6.17. The Hall–Kier alpha value is -2.82. The van der Waals surface area contributed by atoms with E-state index in [9.17, 15) is 9.59 Å². The van der Waals surface area contributed by atoms with Crippen LogP contribution in [0, 0.1) is 0 Å². The Morgan fingerprint density at radius 3 is 2.55 bits per heavy atom. The second-order valence-electron chi connectivity index (χ2n) is 8.39. The maximum atomic E-state index is 12.9. The number of amides is 3. The van der Waals surface area contributed by atoms with Gasteiger partial charge in [-0.15, -0.1) is 0 Å². The Morgan fingerprint density at radius 2 is 1.84 bits per heavy atom. The van der Waals surface area contributed by atoms with Crippen LogP contribution < -0.4 is 10.6 Å². The van der Waals surface area contributed by atoms with E-state index in [0.717, 1.165) is 37.8 Å². The van der Waals surface area contributed by atoms with Gasteiger partial charge in [0.1, 0.15) is 0 Å². The third-order valence-electron chi connectivity index (χ3n) is 6.28. The van der Waals surface area contributed by atoms with Crippen molar-refractivity contribution in [2.24, 2.45) is 0 Å². The third kappa shape index (κ3) is 6.09. The molecule has 0 saturated heterocycles. The number of fused-ring (bicyclic) bond motifs is 1. The van der Waals surface area contributed by atoms with Crippen LogP contribution in [0.2, 0.25) is 0 Å². The standard InChI is InChI=1S/C26H35N3O2/c1-4-19(3)29(26(31)27-22-15-13-20(5-2)14-16-22)18-17-25(30)28-24-12-8-10-21-9-6-7-11-23(21)24/h6-7,9,11,13-16,19,24H,4-5,8,10,12,17-18H2,1-3H3,(H,27,31)(H,28,30)/t19-,24-/m1/s1. The van der Waals surface area contributed by atoms with Crippen molar-refractivity contribution in [3.63, 3.8) is 0 Å². The summed E-state index contributed by atoms with van der Waals surface area (Å²) in [6, 6.07) is 16.2. The zero-order valence-electron chi connectivity index (χ0n) is 19.0. The van der Waals surface area contributed by atoms with Gasteiger partial charge in [0.15, 0.2) is 0 Å². The number of aryl methyl sites for hydroxylation is 2. The second kappa shape index (κ2) is 11.0. The Bertz CT molecular complexity index is 878. The lowest BCUT2D eigenvalue weighted by Gasteiger charge is -2.30. The Balaban J connectivity index is 1.58. The average Bonchev–Trinajstić information content (AvgIpc) is 2.79. The predicted octanol–water partition coefficient (Wildman–Crippen LogP) is 5.47. The van der Waals surface area contributed by atoms with Crippen molar-refractivity contribution in [2.45, 2.75) is 71.4 Å². The number of benzene rings is 2. The fraction of sp³-hybridized carbons (Fsp3) is 0.462.